The van der Waals surface area contributed by atoms with E-state index in [1.807, 2.05) is 103 Å². The number of benzene rings is 4. The summed E-state index contributed by atoms with van der Waals surface area (Å²) in [7, 11) is -0.903. The number of allylic oxidation sites excluding steroid dienone is 1. The van der Waals surface area contributed by atoms with Crippen LogP contribution < -0.4 is 9.31 Å². The molecule has 0 spiro atoms. The monoisotopic (exact) mass is 640 g/mol. The van der Waals surface area contributed by atoms with Gasteiger partial charge in [0.25, 0.3) is 0 Å². The molecule has 5 aromatic rings. The lowest BCUT2D eigenvalue weighted by molar-refractivity contribution is -0.107. The first-order chi connectivity index (χ1) is 21.0. The number of hydrogen-bond acceptors (Lipinski definition) is 6. The van der Waals surface area contributed by atoms with Gasteiger partial charge in [0.1, 0.15) is 11.5 Å². The molecule has 43 heavy (non-hydrogen) atoms. The van der Waals surface area contributed by atoms with Crippen molar-refractivity contribution in [2.75, 3.05) is 0 Å². The number of nitrogens with one attached hydrogen (secondary N) is 1. The highest BCUT2D eigenvalue weighted by atomic mass is 35.5. The molecule has 0 radical (unpaired) electrons. The van der Waals surface area contributed by atoms with E-state index in [2.05, 4.69) is 4.98 Å². The third-order valence-corrected chi connectivity index (χ3v) is 8.76. The summed E-state index contributed by atoms with van der Waals surface area (Å²) in [6, 6.07) is 36.4. The van der Waals surface area contributed by atoms with Crippen LogP contribution >= 0.6 is 46.7 Å². The highest BCUT2D eigenvalue weighted by molar-refractivity contribution is 8.14. The van der Waals surface area contributed by atoms with Crippen molar-refractivity contribution in [3.8, 4) is 11.5 Å². The van der Waals surface area contributed by atoms with Crippen LogP contribution in [0.15, 0.2) is 147 Å². The number of halogens is 2. The summed E-state index contributed by atoms with van der Waals surface area (Å²) >= 11 is 14.8. The Morgan fingerprint density at radius 2 is 1.35 bits per heavy atom. The predicted octanol–water partition coefficient (Wildman–Crippen LogP) is 9.38. The SMILES string of the molecule is O=C(/C=C\C(=NB1Oc2ccccc2O1)C(c1ccccc1)c1ccc(Sc2ccc(Cl)cc2)[nH]1)Sc1ccc(Cl)cc1. The van der Waals surface area contributed by atoms with E-state index < -0.39 is 7.25 Å². The summed E-state index contributed by atoms with van der Waals surface area (Å²) in [5.41, 5.74) is 2.49. The van der Waals surface area contributed by atoms with Crippen molar-refractivity contribution in [3.63, 3.8) is 0 Å². The summed E-state index contributed by atoms with van der Waals surface area (Å²) in [5.74, 6) is 0.889. The molecule has 10 heteroatoms. The van der Waals surface area contributed by atoms with E-state index >= 15 is 0 Å². The average molecular weight is 641 g/mol. The fraction of sp³-hybridized carbons (Fsp3) is 0.0303. The van der Waals surface area contributed by atoms with Crippen LogP contribution in [0.4, 0.5) is 0 Å². The van der Waals surface area contributed by atoms with Gasteiger partial charge in [-0.1, -0.05) is 77.4 Å². The Hall–Kier alpha value is -3.82. The molecule has 0 amide bonds. The van der Waals surface area contributed by atoms with Crippen molar-refractivity contribution in [1.82, 2.24) is 4.98 Å². The third-order valence-electron chi connectivity index (χ3n) is 6.44. The largest absolute Gasteiger partial charge is 0.757 e. The molecule has 0 saturated carbocycles. The zero-order valence-electron chi connectivity index (χ0n) is 22.5. The molecule has 5 nitrogen and oxygen atoms in total. The highest BCUT2D eigenvalue weighted by Crippen LogP contribution is 2.35. The van der Waals surface area contributed by atoms with Gasteiger partial charge in [-0.25, -0.2) is 0 Å². The zero-order chi connectivity index (χ0) is 29.6. The number of fused-ring (bicyclic) bond motifs is 1. The summed E-state index contributed by atoms with van der Waals surface area (Å²) in [4.78, 5) is 23.4. The number of aromatic amines is 1. The Morgan fingerprint density at radius 1 is 0.744 bits per heavy atom. The number of thioether (sulfide) groups is 1. The van der Waals surface area contributed by atoms with Gasteiger partial charge in [0.15, 0.2) is 0 Å². The quantitative estimate of drug-likeness (QED) is 0.0752. The standard InChI is InChI=1S/C33H23BCl2N2O3S2/c35-23-10-14-25(15-11-23)42-31-20-18-27(37-31)33(22-6-2-1-3-7-22)28(38-34-40-29-8-4-5-9-30(29)41-34)19-21-32(39)43-26-16-12-24(36)13-17-26/h1-21,33,37H/b21-19-,38-28?. The number of para-hydroxylation sites is 2. The summed E-state index contributed by atoms with van der Waals surface area (Å²) in [6.45, 7) is 0. The van der Waals surface area contributed by atoms with Crippen LogP contribution in [0, 0.1) is 0 Å². The van der Waals surface area contributed by atoms with Crippen molar-refractivity contribution in [2.45, 2.75) is 20.7 Å². The van der Waals surface area contributed by atoms with Gasteiger partial charge in [-0.3, -0.25) is 9.70 Å². The molecule has 1 atom stereocenters. The first kappa shape index (κ1) is 29.3. The van der Waals surface area contributed by atoms with Gasteiger partial charge in [-0.2, -0.15) is 0 Å². The van der Waals surface area contributed by atoms with Crippen molar-refractivity contribution in [3.05, 3.63) is 149 Å². The minimum Gasteiger partial charge on any atom is -0.503 e. The van der Waals surface area contributed by atoms with Gasteiger partial charge in [0.05, 0.1) is 10.9 Å². The molecular formula is C33H23BCl2N2O3S2. The molecule has 1 unspecified atom stereocenters. The lowest BCUT2D eigenvalue weighted by atomic mass is 9.89. The summed E-state index contributed by atoms with van der Waals surface area (Å²) < 4.78 is 12.0. The smallest absolute Gasteiger partial charge is 0.503 e. The third kappa shape index (κ3) is 7.59. The van der Waals surface area contributed by atoms with E-state index in [9.17, 15) is 4.79 Å². The van der Waals surface area contributed by atoms with Gasteiger partial charge in [-0.15, -0.1) is 0 Å². The molecule has 1 aliphatic heterocycles. The van der Waals surface area contributed by atoms with Crippen LogP contribution in [0.25, 0.3) is 0 Å². The number of H-pyrrole nitrogens is 1. The number of rotatable bonds is 9. The second-order valence-electron chi connectivity index (χ2n) is 9.43. The molecule has 2 heterocycles. The summed E-state index contributed by atoms with van der Waals surface area (Å²) in [6.07, 6.45) is 3.27. The fourth-order valence-corrected chi connectivity index (χ4v) is 6.21. The van der Waals surface area contributed by atoms with Gasteiger partial charge < -0.3 is 14.3 Å². The minimum absolute atomic E-state index is 0.149. The molecule has 1 aromatic heterocycles. The number of carbonyl (C=O) groups is 1. The van der Waals surface area contributed by atoms with Crippen molar-refractivity contribution in [2.24, 2.45) is 4.90 Å². The maximum Gasteiger partial charge on any atom is 0.757 e. The van der Waals surface area contributed by atoms with Gasteiger partial charge in [0.2, 0.25) is 5.12 Å². The molecular weight excluding hydrogens is 618 g/mol. The van der Waals surface area contributed by atoms with E-state index in [1.165, 1.54) is 6.08 Å². The van der Waals surface area contributed by atoms with Crippen LogP contribution in [-0.2, 0) is 4.79 Å². The highest BCUT2D eigenvalue weighted by Gasteiger charge is 2.34. The lowest BCUT2D eigenvalue weighted by Crippen LogP contribution is -2.26. The minimum atomic E-state index is -0.903. The van der Waals surface area contributed by atoms with E-state index in [0.717, 1.165) is 37.8 Å². The van der Waals surface area contributed by atoms with Crippen LogP contribution in [-0.4, -0.2) is 23.1 Å². The van der Waals surface area contributed by atoms with Gasteiger partial charge in [-0.05, 0) is 102 Å². The Bertz CT molecular complexity index is 1750. The van der Waals surface area contributed by atoms with E-state index in [0.29, 0.717) is 27.3 Å². The maximum atomic E-state index is 13.0. The molecule has 4 aromatic carbocycles. The van der Waals surface area contributed by atoms with Crippen LogP contribution in [0.2, 0.25) is 10.0 Å². The van der Waals surface area contributed by atoms with E-state index in [-0.39, 0.29) is 11.0 Å². The van der Waals surface area contributed by atoms with E-state index in [4.69, 9.17) is 37.4 Å². The van der Waals surface area contributed by atoms with Crippen molar-refractivity contribution in [1.29, 1.82) is 0 Å². The van der Waals surface area contributed by atoms with Gasteiger partial charge >= 0.3 is 7.25 Å². The number of hydrogen-bond donors (Lipinski definition) is 1. The molecule has 1 N–H and O–H groups in total. The van der Waals surface area contributed by atoms with Crippen LogP contribution in [0.1, 0.15) is 17.2 Å². The number of carbonyl (C=O) groups excluding carboxylic acids is 1. The second-order valence-corrected chi connectivity index (χ2v) is 12.5. The van der Waals surface area contributed by atoms with Crippen molar-refractivity contribution >= 4 is 64.8 Å². The lowest BCUT2D eigenvalue weighted by Gasteiger charge is -2.18. The zero-order valence-corrected chi connectivity index (χ0v) is 25.7. The number of aromatic nitrogens is 1. The van der Waals surface area contributed by atoms with Crippen molar-refractivity contribution < 1.29 is 14.1 Å². The van der Waals surface area contributed by atoms with E-state index in [1.54, 1.807) is 30.0 Å². The Morgan fingerprint density at radius 3 is 2.00 bits per heavy atom. The fourth-order valence-electron chi connectivity index (χ4n) is 4.48. The predicted molar refractivity (Wildman–Crippen MR) is 177 cm³/mol. The average Bonchev–Trinajstić information content (AvgIpc) is 3.65. The van der Waals surface area contributed by atoms with Crippen LogP contribution in [0.5, 0.6) is 11.5 Å². The number of nitrogens with zero attached hydrogens (tertiary/aromatic N) is 1. The summed E-state index contributed by atoms with van der Waals surface area (Å²) in [5, 5.41) is 2.11. The molecule has 6 rings (SSSR count). The normalized spacial score (nSPS) is 13.4. The Kier molecular flexibility index (Phi) is 9.29. The topological polar surface area (TPSA) is 63.7 Å². The molecule has 0 bridgehead atoms. The maximum absolute atomic E-state index is 13.0. The molecule has 0 saturated heterocycles. The van der Waals surface area contributed by atoms with Crippen LogP contribution in [0.3, 0.4) is 0 Å². The second kappa shape index (κ2) is 13.7. The molecule has 212 valence electrons. The molecule has 0 aliphatic carbocycles. The Labute approximate surface area is 268 Å². The first-order valence-corrected chi connectivity index (χ1v) is 15.7. The Balaban J connectivity index is 1.34. The molecule has 0 fully saturated rings. The first-order valence-electron chi connectivity index (χ1n) is 13.3. The molecule has 1 aliphatic rings. The van der Waals surface area contributed by atoms with Gasteiger partial charge in [0, 0.05) is 31.2 Å².